The Labute approximate surface area is 130 Å². The highest BCUT2D eigenvalue weighted by Crippen LogP contribution is 2.29. The van der Waals surface area contributed by atoms with Gasteiger partial charge in [-0.25, -0.2) is 0 Å². The van der Waals surface area contributed by atoms with Gasteiger partial charge in [-0.2, -0.15) is 0 Å². The summed E-state index contributed by atoms with van der Waals surface area (Å²) in [5.41, 5.74) is 2.60. The van der Waals surface area contributed by atoms with Gasteiger partial charge in [0.25, 0.3) is 5.91 Å². The van der Waals surface area contributed by atoms with E-state index in [-0.39, 0.29) is 16.7 Å². The molecule has 0 radical (unpaired) electrons. The van der Waals surface area contributed by atoms with Crippen LogP contribution in [0.4, 0.5) is 5.69 Å². The van der Waals surface area contributed by atoms with Crippen molar-refractivity contribution in [1.29, 1.82) is 0 Å². The molecule has 0 fully saturated rings. The van der Waals surface area contributed by atoms with Crippen LogP contribution in [0.15, 0.2) is 24.3 Å². The van der Waals surface area contributed by atoms with Gasteiger partial charge in [0.1, 0.15) is 4.88 Å². The van der Waals surface area contributed by atoms with E-state index in [2.05, 4.69) is 30.8 Å². The summed E-state index contributed by atoms with van der Waals surface area (Å²) in [7, 11) is 0. The molecule has 2 aromatic rings. The molecule has 0 spiro atoms. The van der Waals surface area contributed by atoms with Crippen molar-refractivity contribution in [3.8, 4) is 0 Å². The fourth-order valence-electron chi connectivity index (χ4n) is 1.87. The standard InChI is InChI=1S/C14H16BrN3OS/c1-8(2)12-13(20-18-17-12)14(19)16-11-7-5-4-6-10(11)9(3)15/h4-9H,1-3H3,(H,16,19). The van der Waals surface area contributed by atoms with Crippen molar-refractivity contribution in [1.82, 2.24) is 9.59 Å². The minimum atomic E-state index is -0.149. The van der Waals surface area contributed by atoms with Gasteiger partial charge in [-0.05, 0) is 36.0 Å². The Hall–Kier alpha value is -1.27. The molecule has 1 heterocycles. The summed E-state index contributed by atoms with van der Waals surface area (Å²) in [5.74, 6) is 0.0316. The number of halogens is 1. The molecule has 1 atom stereocenters. The molecule has 0 aliphatic carbocycles. The molecule has 1 aromatic heterocycles. The Morgan fingerprint density at radius 3 is 2.65 bits per heavy atom. The third kappa shape index (κ3) is 3.24. The van der Waals surface area contributed by atoms with Crippen LogP contribution in [0.1, 0.15) is 52.4 Å². The normalized spacial score (nSPS) is 12.4. The van der Waals surface area contributed by atoms with Gasteiger partial charge in [0, 0.05) is 10.5 Å². The second kappa shape index (κ2) is 6.45. The van der Waals surface area contributed by atoms with E-state index >= 15 is 0 Å². The van der Waals surface area contributed by atoms with E-state index in [0.717, 1.165) is 28.5 Å². The number of rotatable bonds is 4. The van der Waals surface area contributed by atoms with Crippen molar-refractivity contribution in [3.05, 3.63) is 40.4 Å². The zero-order chi connectivity index (χ0) is 14.7. The van der Waals surface area contributed by atoms with E-state index in [1.807, 2.05) is 45.0 Å². The fourth-order valence-corrected chi connectivity index (χ4v) is 2.98. The zero-order valence-corrected chi connectivity index (χ0v) is 14.0. The first-order chi connectivity index (χ1) is 9.50. The molecule has 106 valence electrons. The van der Waals surface area contributed by atoms with Crippen LogP contribution in [-0.4, -0.2) is 15.5 Å². The Bertz CT molecular complexity index is 610. The summed E-state index contributed by atoms with van der Waals surface area (Å²) < 4.78 is 3.89. The summed E-state index contributed by atoms with van der Waals surface area (Å²) in [4.78, 5) is 13.1. The third-order valence-corrected chi connectivity index (χ3v) is 4.14. The number of para-hydroxylation sites is 1. The topological polar surface area (TPSA) is 54.9 Å². The number of carbonyl (C=O) groups excluding carboxylic acids is 1. The monoisotopic (exact) mass is 353 g/mol. The number of anilines is 1. The molecule has 1 amide bonds. The highest BCUT2D eigenvalue weighted by molar-refractivity contribution is 9.09. The van der Waals surface area contributed by atoms with E-state index < -0.39 is 0 Å². The summed E-state index contributed by atoms with van der Waals surface area (Å²) in [6, 6.07) is 7.75. The number of aromatic nitrogens is 2. The lowest BCUT2D eigenvalue weighted by Crippen LogP contribution is -2.14. The number of hydrogen-bond donors (Lipinski definition) is 1. The van der Waals surface area contributed by atoms with Gasteiger partial charge in [0.05, 0.1) is 5.69 Å². The van der Waals surface area contributed by atoms with Gasteiger partial charge in [-0.15, -0.1) is 5.10 Å². The molecule has 0 saturated heterocycles. The van der Waals surface area contributed by atoms with Crippen LogP contribution in [0.5, 0.6) is 0 Å². The molecule has 2 rings (SSSR count). The Kier molecular flexibility index (Phi) is 4.88. The number of nitrogens with one attached hydrogen (secondary N) is 1. The molecule has 0 bridgehead atoms. The van der Waals surface area contributed by atoms with Crippen molar-refractivity contribution < 1.29 is 4.79 Å². The minimum absolute atomic E-state index is 0.149. The number of benzene rings is 1. The first kappa shape index (κ1) is 15.1. The summed E-state index contributed by atoms with van der Waals surface area (Å²) in [6.07, 6.45) is 0. The molecule has 1 N–H and O–H groups in total. The average molecular weight is 354 g/mol. The molecule has 0 aliphatic heterocycles. The second-order valence-electron chi connectivity index (χ2n) is 4.80. The van der Waals surface area contributed by atoms with E-state index in [1.54, 1.807) is 0 Å². The maximum Gasteiger partial charge on any atom is 0.269 e. The largest absolute Gasteiger partial charge is 0.321 e. The highest BCUT2D eigenvalue weighted by Gasteiger charge is 2.19. The predicted octanol–water partition coefficient (Wildman–Crippen LogP) is 4.37. The number of hydrogen-bond acceptors (Lipinski definition) is 4. The van der Waals surface area contributed by atoms with Gasteiger partial charge >= 0.3 is 0 Å². The fraction of sp³-hybridized carbons (Fsp3) is 0.357. The third-order valence-electron chi connectivity index (χ3n) is 2.90. The smallest absolute Gasteiger partial charge is 0.269 e. The van der Waals surface area contributed by atoms with Crippen molar-refractivity contribution >= 4 is 39.1 Å². The predicted molar refractivity (Wildman–Crippen MR) is 85.7 cm³/mol. The Morgan fingerprint density at radius 1 is 1.30 bits per heavy atom. The molecular weight excluding hydrogens is 338 g/mol. The van der Waals surface area contributed by atoms with Crippen LogP contribution in [0.25, 0.3) is 0 Å². The lowest BCUT2D eigenvalue weighted by atomic mass is 10.1. The SMILES string of the molecule is CC(C)c1nnsc1C(=O)Nc1ccccc1C(C)Br. The minimum Gasteiger partial charge on any atom is -0.321 e. The van der Waals surface area contributed by atoms with E-state index in [4.69, 9.17) is 0 Å². The molecule has 0 aliphatic rings. The van der Waals surface area contributed by atoms with Crippen molar-refractivity contribution in [2.45, 2.75) is 31.5 Å². The summed E-state index contributed by atoms with van der Waals surface area (Å²) >= 11 is 4.67. The van der Waals surface area contributed by atoms with Gasteiger partial charge in [0.15, 0.2) is 0 Å². The summed E-state index contributed by atoms with van der Waals surface area (Å²) in [6.45, 7) is 6.03. The van der Waals surface area contributed by atoms with Crippen molar-refractivity contribution in [2.24, 2.45) is 0 Å². The maximum atomic E-state index is 12.4. The van der Waals surface area contributed by atoms with Crippen molar-refractivity contribution in [2.75, 3.05) is 5.32 Å². The lowest BCUT2D eigenvalue weighted by Gasteiger charge is -2.12. The van der Waals surface area contributed by atoms with Crippen LogP contribution in [0.2, 0.25) is 0 Å². The molecule has 6 heteroatoms. The molecular formula is C14H16BrN3OS. The van der Waals surface area contributed by atoms with E-state index in [1.165, 1.54) is 0 Å². The Balaban J connectivity index is 2.26. The van der Waals surface area contributed by atoms with Gasteiger partial charge < -0.3 is 5.32 Å². The van der Waals surface area contributed by atoms with Crippen LogP contribution >= 0.6 is 27.5 Å². The van der Waals surface area contributed by atoms with Gasteiger partial charge in [0.2, 0.25) is 0 Å². The van der Waals surface area contributed by atoms with E-state index in [0.29, 0.717) is 4.88 Å². The zero-order valence-electron chi connectivity index (χ0n) is 11.6. The molecule has 1 aromatic carbocycles. The average Bonchev–Trinajstić information content (AvgIpc) is 2.88. The van der Waals surface area contributed by atoms with Crippen LogP contribution in [0, 0.1) is 0 Å². The lowest BCUT2D eigenvalue weighted by molar-refractivity contribution is 0.102. The number of amides is 1. The first-order valence-electron chi connectivity index (χ1n) is 6.37. The maximum absolute atomic E-state index is 12.4. The van der Waals surface area contributed by atoms with Crippen LogP contribution < -0.4 is 5.32 Å². The quantitative estimate of drug-likeness (QED) is 0.830. The van der Waals surface area contributed by atoms with Crippen LogP contribution in [-0.2, 0) is 0 Å². The number of carbonyl (C=O) groups is 1. The summed E-state index contributed by atoms with van der Waals surface area (Å²) in [5, 5.41) is 6.99. The highest BCUT2D eigenvalue weighted by atomic mass is 79.9. The molecule has 0 saturated carbocycles. The van der Waals surface area contributed by atoms with Crippen LogP contribution in [0.3, 0.4) is 0 Å². The molecule has 1 unspecified atom stereocenters. The van der Waals surface area contributed by atoms with E-state index in [9.17, 15) is 4.79 Å². The molecule has 4 nitrogen and oxygen atoms in total. The second-order valence-corrected chi connectivity index (χ2v) is 6.93. The van der Waals surface area contributed by atoms with Gasteiger partial charge in [-0.3, -0.25) is 4.79 Å². The van der Waals surface area contributed by atoms with Crippen molar-refractivity contribution in [3.63, 3.8) is 0 Å². The number of nitrogens with zero attached hydrogens (tertiary/aromatic N) is 2. The van der Waals surface area contributed by atoms with Gasteiger partial charge in [-0.1, -0.05) is 52.5 Å². The number of alkyl halides is 1. The first-order valence-corrected chi connectivity index (χ1v) is 8.06. The molecule has 20 heavy (non-hydrogen) atoms. The Morgan fingerprint density at radius 2 is 2.00 bits per heavy atom.